The van der Waals surface area contributed by atoms with E-state index in [0.29, 0.717) is 25.6 Å². The Bertz CT molecular complexity index is 380. The maximum Gasteiger partial charge on any atom is 0.354 e. The number of ether oxygens (including phenoxy) is 1. The molecular formula is C12H16N2O3. The lowest BCUT2D eigenvalue weighted by Gasteiger charge is -2.06. The molecule has 0 aliphatic heterocycles. The van der Waals surface area contributed by atoms with Crippen molar-refractivity contribution in [2.75, 3.05) is 25.1 Å². The van der Waals surface area contributed by atoms with Crippen molar-refractivity contribution in [1.29, 1.82) is 0 Å². The summed E-state index contributed by atoms with van der Waals surface area (Å²) in [7, 11) is 0. The van der Waals surface area contributed by atoms with Crippen LogP contribution in [0.4, 0.5) is 5.82 Å². The van der Waals surface area contributed by atoms with Crippen LogP contribution in [0.1, 0.15) is 16.9 Å². The van der Waals surface area contributed by atoms with Gasteiger partial charge in [-0.3, -0.25) is 0 Å². The predicted octanol–water partition coefficient (Wildman–Crippen LogP) is 1.78. The number of aromatic carboxylic acids is 1. The van der Waals surface area contributed by atoms with Gasteiger partial charge in [-0.15, -0.1) is 6.58 Å². The summed E-state index contributed by atoms with van der Waals surface area (Å²) >= 11 is 0. The Kier molecular flexibility index (Phi) is 5.74. The number of pyridine rings is 1. The number of carbonyl (C=O) groups is 1. The molecule has 0 bridgehead atoms. The summed E-state index contributed by atoms with van der Waals surface area (Å²) in [6.45, 7) is 5.38. The van der Waals surface area contributed by atoms with Gasteiger partial charge in [0.1, 0.15) is 5.82 Å². The fourth-order valence-electron chi connectivity index (χ4n) is 1.17. The molecular weight excluding hydrogens is 220 g/mol. The molecule has 17 heavy (non-hydrogen) atoms. The van der Waals surface area contributed by atoms with E-state index in [1.807, 2.05) is 0 Å². The molecule has 1 aromatic heterocycles. The molecule has 0 fully saturated rings. The summed E-state index contributed by atoms with van der Waals surface area (Å²) in [5.41, 5.74) is 0.0302. The van der Waals surface area contributed by atoms with Gasteiger partial charge in [0.15, 0.2) is 5.69 Å². The first-order chi connectivity index (χ1) is 8.24. The van der Waals surface area contributed by atoms with Crippen molar-refractivity contribution in [1.82, 2.24) is 4.98 Å². The van der Waals surface area contributed by atoms with Crippen molar-refractivity contribution in [3.8, 4) is 0 Å². The van der Waals surface area contributed by atoms with Gasteiger partial charge >= 0.3 is 5.97 Å². The van der Waals surface area contributed by atoms with E-state index >= 15 is 0 Å². The van der Waals surface area contributed by atoms with E-state index in [0.717, 1.165) is 6.42 Å². The number of aromatic nitrogens is 1. The number of anilines is 1. The standard InChI is InChI=1S/C12H16N2O3/c1-2-3-8-17-9-7-13-11-6-4-5-10(14-11)12(15)16/h2,4-6H,1,3,7-9H2,(H,13,14)(H,15,16). The maximum atomic E-state index is 10.7. The lowest BCUT2D eigenvalue weighted by molar-refractivity contribution is 0.0690. The lowest BCUT2D eigenvalue weighted by Crippen LogP contribution is -2.12. The van der Waals surface area contributed by atoms with Gasteiger partial charge in [0.25, 0.3) is 0 Å². The molecule has 0 atom stereocenters. The summed E-state index contributed by atoms with van der Waals surface area (Å²) in [6.07, 6.45) is 2.62. The molecule has 0 saturated heterocycles. The Balaban J connectivity index is 2.29. The molecule has 1 rings (SSSR count). The van der Waals surface area contributed by atoms with Gasteiger partial charge in [0.05, 0.1) is 13.2 Å². The van der Waals surface area contributed by atoms with Gasteiger partial charge in [-0.2, -0.15) is 0 Å². The Labute approximate surface area is 100 Å². The van der Waals surface area contributed by atoms with Crippen molar-refractivity contribution in [2.45, 2.75) is 6.42 Å². The van der Waals surface area contributed by atoms with E-state index in [1.54, 1.807) is 18.2 Å². The van der Waals surface area contributed by atoms with Gasteiger partial charge in [-0.1, -0.05) is 12.1 Å². The van der Waals surface area contributed by atoms with E-state index in [-0.39, 0.29) is 5.69 Å². The molecule has 0 radical (unpaired) electrons. The lowest BCUT2D eigenvalue weighted by atomic mass is 10.3. The third-order valence-electron chi connectivity index (χ3n) is 1.99. The van der Waals surface area contributed by atoms with Crippen LogP contribution in [-0.2, 0) is 4.74 Å². The van der Waals surface area contributed by atoms with E-state index in [1.165, 1.54) is 6.07 Å². The SMILES string of the molecule is C=CCCOCCNc1cccc(C(=O)O)n1. The van der Waals surface area contributed by atoms with Crippen LogP contribution in [-0.4, -0.2) is 35.8 Å². The van der Waals surface area contributed by atoms with Gasteiger partial charge in [0.2, 0.25) is 0 Å². The zero-order valence-corrected chi connectivity index (χ0v) is 9.56. The summed E-state index contributed by atoms with van der Waals surface area (Å²) < 4.78 is 5.30. The van der Waals surface area contributed by atoms with Crippen molar-refractivity contribution < 1.29 is 14.6 Å². The second-order valence-corrected chi connectivity index (χ2v) is 3.33. The highest BCUT2D eigenvalue weighted by Crippen LogP contribution is 2.04. The van der Waals surface area contributed by atoms with Crippen LogP contribution >= 0.6 is 0 Å². The van der Waals surface area contributed by atoms with Crippen LogP contribution in [0.25, 0.3) is 0 Å². The van der Waals surface area contributed by atoms with Crippen LogP contribution in [0.2, 0.25) is 0 Å². The molecule has 0 aliphatic rings. The average molecular weight is 236 g/mol. The summed E-state index contributed by atoms with van der Waals surface area (Å²) in [5.74, 6) is -0.492. The van der Waals surface area contributed by atoms with Crippen molar-refractivity contribution >= 4 is 11.8 Å². The quantitative estimate of drug-likeness (QED) is 0.532. The molecule has 1 aromatic rings. The van der Waals surface area contributed by atoms with Crippen LogP contribution in [0.5, 0.6) is 0 Å². The van der Waals surface area contributed by atoms with Gasteiger partial charge in [-0.05, 0) is 18.6 Å². The average Bonchev–Trinajstić information content (AvgIpc) is 2.34. The Morgan fingerprint density at radius 3 is 3.06 bits per heavy atom. The second kappa shape index (κ2) is 7.40. The van der Waals surface area contributed by atoms with E-state index in [4.69, 9.17) is 9.84 Å². The van der Waals surface area contributed by atoms with E-state index < -0.39 is 5.97 Å². The van der Waals surface area contributed by atoms with E-state index in [2.05, 4.69) is 16.9 Å². The Morgan fingerprint density at radius 2 is 2.35 bits per heavy atom. The second-order valence-electron chi connectivity index (χ2n) is 3.33. The molecule has 5 heteroatoms. The summed E-state index contributed by atoms with van der Waals surface area (Å²) in [6, 6.07) is 4.82. The third kappa shape index (κ3) is 5.12. The number of hydrogen-bond acceptors (Lipinski definition) is 4. The van der Waals surface area contributed by atoms with Gasteiger partial charge < -0.3 is 15.2 Å². The number of hydrogen-bond donors (Lipinski definition) is 2. The largest absolute Gasteiger partial charge is 0.477 e. The molecule has 1 heterocycles. The van der Waals surface area contributed by atoms with Crippen molar-refractivity contribution in [2.24, 2.45) is 0 Å². The molecule has 2 N–H and O–H groups in total. The third-order valence-corrected chi connectivity index (χ3v) is 1.99. The number of carboxylic acids is 1. The maximum absolute atomic E-state index is 10.7. The first kappa shape index (κ1) is 13.2. The molecule has 0 unspecified atom stereocenters. The highest BCUT2D eigenvalue weighted by molar-refractivity contribution is 5.85. The first-order valence-electron chi connectivity index (χ1n) is 5.37. The topological polar surface area (TPSA) is 71.5 Å². The number of carboxylic acid groups (broad SMARTS) is 1. The Morgan fingerprint density at radius 1 is 1.53 bits per heavy atom. The van der Waals surface area contributed by atoms with Crippen LogP contribution in [0, 0.1) is 0 Å². The molecule has 92 valence electrons. The predicted molar refractivity (Wildman–Crippen MR) is 65.3 cm³/mol. The fraction of sp³-hybridized carbons (Fsp3) is 0.333. The minimum atomic E-state index is -1.03. The zero-order chi connectivity index (χ0) is 12.5. The fourth-order valence-corrected chi connectivity index (χ4v) is 1.17. The van der Waals surface area contributed by atoms with E-state index in [9.17, 15) is 4.79 Å². The minimum absolute atomic E-state index is 0.0302. The molecule has 0 amide bonds. The van der Waals surface area contributed by atoms with Crippen LogP contribution in [0.3, 0.4) is 0 Å². The van der Waals surface area contributed by atoms with Crippen molar-refractivity contribution in [3.63, 3.8) is 0 Å². The number of rotatable bonds is 8. The van der Waals surface area contributed by atoms with Crippen molar-refractivity contribution in [3.05, 3.63) is 36.5 Å². The molecule has 0 saturated carbocycles. The number of nitrogens with one attached hydrogen (secondary N) is 1. The summed E-state index contributed by atoms with van der Waals surface area (Å²) in [5, 5.41) is 11.7. The molecule has 0 aliphatic carbocycles. The first-order valence-corrected chi connectivity index (χ1v) is 5.37. The van der Waals surface area contributed by atoms with Gasteiger partial charge in [0, 0.05) is 6.54 Å². The minimum Gasteiger partial charge on any atom is -0.477 e. The van der Waals surface area contributed by atoms with Gasteiger partial charge in [-0.25, -0.2) is 9.78 Å². The molecule has 5 nitrogen and oxygen atoms in total. The molecule has 0 aromatic carbocycles. The van der Waals surface area contributed by atoms with Crippen LogP contribution in [0.15, 0.2) is 30.9 Å². The summed E-state index contributed by atoms with van der Waals surface area (Å²) in [4.78, 5) is 14.6. The highest BCUT2D eigenvalue weighted by Gasteiger charge is 2.04. The highest BCUT2D eigenvalue weighted by atomic mass is 16.5. The number of nitrogens with zero attached hydrogens (tertiary/aromatic N) is 1. The Hall–Kier alpha value is -1.88. The monoisotopic (exact) mass is 236 g/mol. The normalized spacial score (nSPS) is 9.88. The zero-order valence-electron chi connectivity index (χ0n) is 9.56. The smallest absolute Gasteiger partial charge is 0.354 e. The van der Waals surface area contributed by atoms with Crippen LogP contribution < -0.4 is 5.32 Å². The molecule has 0 spiro atoms.